The molecule has 1 spiro atoms. The van der Waals surface area contributed by atoms with Crippen LogP contribution in [0, 0.1) is 6.92 Å². The van der Waals surface area contributed by atoms with Gasteiger partial charge in [0.2, 0.25) is 0 Å². The Kier molecular flexibility index (Phi) is 3.01. The number of nitrogens with one attached hydrogen (secondary N) is 1. The van der Waals surface area contributed by atoms with Gasteiger partial charge in [0.15, 0.2) is 0 Å². The zero-order valence-corrected chi connectivity index (χ0v) is 13.2. The molecule has 2 saturated heterocycles. The summed E-state index contributed by atoms with van der Waals surface area (Å²) in [5.41, 5.74) is 2.58. The standard InChI is InChI=1S/C17H22N4O/c1-12-18-14-5-3-4-13(15(14)19-12)16(22)21-11-8-17(21)6-9-20(2)10-7-17/h3-5H,6-11H2,1-2H3,(H,18,19). The summed E-state index contributed by atoms with van der Waals surface area (Å²) in [5.74, 6) is 1.00. The minimum absolute atomic E-state index is 0.0944. The van der Waals surface area contributed by atoms with E-state index in [1.54, 1.807) is 0 Å². The number of H-pyrrole nitrogens is 1. The zero-order valence-electron chi connectivity index (χ0n) is 13.2. The van der Waals surface area contributed by atoms with Crippen molar-refractivity contribution in [1.29, 1.82) is 0 Å². The summed E-state index contributed by atoms with van der Waals surface area (Å²) in [7, 11) is 2.16. The van der Waals surface area contributed by atoms with Crippen LogP contribution in [-0.4, -0.2) is 57.9 Å². The zero-order chi connectivity index (χ0) is 15.3. The number of aromatic nitrogens is 2. The predicted molar refractivity (Wildman–Crippen MR) is 85.9 cm³/mol. The molecule has 4 rings (SSSR count). The fourth-order valence-corrected chi connectivity index (χ4v) is 3.88. The highest BCUT2D eigenvalue weighted by atomic mass is 16.2. The number of benzene rings is 1. The van der Waals surface area contributed by atoms with Crippen molar-refractivity contribution < 1.29 is 4.79 Å². The van der Waals surface area contributed by atoms with Gasteiger partial charge in [-0.1, -0.05) is 6.07 Å². The lowest BCUT2D eigenvalue weighted by Crippen LogP contribution is -2.65. The van der Waals surface area contributed by atoms with E-state index in [0.717, 1.165) is 61.3 Å². The van der Waals surface area contributed by atoms with E-state index in [9.17, 15) is 4.79 Å². The van der Waals surface area contributed by atoms with E-state index in [0.29, 0.717) is 0 Å². The summed E-state index contributed by atoms with van der Waals surface area (Å²) in [6, 6.07) is 5.83. The van der Waals surface area contributed by atoms with Crippen molar-refractivity contribution in [3.63, 3.8) is 0 Å². The monoisotopic (exact) mass is 298 g/mol. The number of nitrogens with zero attached hydrogens (tertiary/aromatic N) is 3. The molecule has 1 amide bonds. The van der Waals surface area contributed by atoms with Crippen LogP contribution in [-0.2, 0) is 0 Å². The smallest absolute Gasteiger partial charge is 0.256 e. The molecular formula is C17H22N4O. The van der Waals surface area contributed by atoms with Crippen molar-refractivity contribution in [1.82, 2.24) is 19.8 Å². The van der Waals surface area contributed by atoms with Crippen LogP contribution < -0.4 is 0 Å². The lowest BCUT2D eigenvalue weighted by Gasteiger charge is -2.56. The van der Waals surface area contributed by atoms with Gasteiger partial charge in [-0.2, -0.15) is 0 Å². The lowest BCUT2D eigenvalue weighted by atomic mass is 9.76. The number of hydrogen-bond donors (Lipinski definition) is 1. The van der Waals surface area contributed by atoms with Crippen molar-refractivity contribution >= 4 is 16.9 Å². The molecule has 0 aliphatic carbocycles. The number of amides is 1. The maximum Gasteiger partial charge on any atom is 0.256 e. The number of aromatic amines is 1. The Labute approximate surface area is 130 Å². The second-order valence-electron chi connectivity index (χ2n) is 6.76. The highest BCUT2D eigenvalue weighted by Gasteiger charge is 2.48. The molecule has 2 fully saturated rings. The van der Waals surface area contributed by atoms with Gasteiger partial charge in [0, 0.05) is 25.2 Å². The summed E-state index contributed by atoms with van der Waals surface area (Å²) in [6.07, 6.45) is 3.32. The number of aryl methyl sites for hydroxylation is 1. The van der Waals surface area contributed by atoms with E-state index in [4.69, 9.17) is 0 Å². The van der Waals surface area contributed by atoms with Crippen LogP contribution in [0.25, 0.3) is 11.0 Å². The predicted octanol–water partition coefficient (Wildman–Crippen LogP) is 2.18. The van der Waals surface area contributed by atoms with E-state index in [1.165, 1.54) is 0 Å². The molecule has 1 aromatic heterocycles. The SMILES string of the molecule is Cc1nc2c(C(=O)N3CCC34CCN(C)CC4)cccc2[nH]1. The van der Waals surface area contributed by atoms with E-state index >= 15 is 0 Å². The third-order valence-corrected chi connectivity index (χ3v) is 5.40. The minimum Gasteiger partial charge on any atom is -0.342 e. The van der Waals surface area contributed by atoms with Crippen molar-refractivity contribution in [3.05, 3.63) is 29.6 Å². The number of para-hydroxylation sites is 1. The first-order valence-electron chi connectivity index (χ1n) is 8.05. The summed E-state index contributed by atoms with van der Waals surface area (Å²) >= 11 is 0. The molecule has 2 aliphatic heterocycles. The molecular weight excluding hydrogens is 276 g/mol. The van der Waals surface area contributed by atoms with Crippen LogP contribution in [0.4, 0.5) is 0 Å². The molecule has 5 nitrogen and oxygen atoms in total. The topological polar surface area (TPSA) is 52.2 Å². The van der Waals surface area contributed by atoms with E-state index in [1.807, 2.05) is 25.1 Å². The van der Waals surface area contributed by atoms with Gasteiger partial charge in [-0.25, -0.2) is 4.98 Å². The quantitative estimate of drug-likeness (QED) is 0.878. The second kappa shape index (κ2) is 4.81. The fourth-order valence-electron chi connectivity index (χ4n) is 3.88. The first kappa shape index (κ1) is 13.8. The molecule has 0 unspecified atom stereocenters. The highest BCUT2D eigenvalue weighted by Crippen LogP contribution is 2.41. The number of carbonyl (C=O) groups is 1. The van der Waals surface area contributed by atoms with Gasteiger partial charge in [0.1, 0.15) is 11.3 Å². The summed E-state index contributed by atoms with van der Waals surface area (Å²) in [4.78, 5) is 25.2. The number of hydrogen-bond acceptors (Lipinski definition) is 3. The van der Waals surface area contributed by atoms with Gasteiger partial charge >= 0.3 is 0 Å². The fraction of sp³-hybridized carbons (Fsp3) is 0.529. The van der Waals surface area contributed by atoms with Crippen molar-refractivity contribution in [2.75, 3.05) is 26.7 Å². The number of rotatable bonds is 1. The Hall–Kier alpha value is -1.88. The second-order valence-corrected chi connectivity index (χ2v) is 6.76. The largest absolute Gasteiger partial charge is 0.342 e. The third-order valence-electron chi connectivity index (χ3n) is 5.40. The normalized spacial score (nSPS) is 21.3. The molecule has 5 heteroatoms. The Morgan fingerprint density at radius 1 is 1.23 bits per heavy atom. The van der Waals surface area contributed by atoms with Crippen molar-refractivity contribution in [2.45, 2.75) is 31.7 Å². The lowest BCUT2D eigenvalue weighted by molar-refractivity contribution is -0.0349. The van der Waals surface area contributed by atoms with Gasteiger partial charge in [0.25, 0.3) is 5.91 Å². The third kappa shape index (κ3) is 1.96. The van der Waals surface area contributed by atoms with Gasteiger partial charge < -0.3 is 14.8 Å². The van der Waals surface area contributed by atoms with Crippen molar-refractivity contribution in [3.8, 4) is 0 Å². The molecule has 2 aromatic rings. The van der Waals surface area contributed by atoms with E-state index in [-0.39, 0.29) is 11.4 Å². The number of likely N-dealkylation sites (tertiary alicyclic amines) is 2. The van der Waals surface area contributed by atoms with Gasteiger partial charge in [-0.3, -0.25) is 4.79 Å². The average molecular weight is 298 g/mol. The Morgan fingerprint density at radius 2 is 1.95 bits per heavy atom. The van der Waals surface area contributed by atoms with Crippen LogP contribution in [0.5, 0.6) is 0 Å². The van der Waals surface area contributed by atoms with Crippen LogP contribution in [0.1, 0.15) is 35.4 Å². The first-order valence-corrected chi connectivity index (χ1v) is 8.05. The molecule has 0 atom stereocenters. The molecule has 0 bridgehead atoms. The molecule has 116 valence electrons. The van der Waals surface area contributed by atoms with Gasteiger partial charge in [-0.05, 0) is 45.4 Å². The maximum absolute atomic E-state index is 13.1. The molecule has 0 radical (unpaired) electrons. The molecule has 1 aromatic carbocycles. The van der Waals surface area contributed by atoms with Crippen LogP contribution in [0.3, 0.4) is 0 Å². The molecule has 3 heterocycles. The summed E-state index contributed by atoms with van der Waals surface area (Å²) in [5, 5.41) is 0. The average Bonchev–Trinajstić information content (AvgIpc) is 2.86. The molecule has 1 N–H and O–H groups in total. The number of fused-ring (bicyclic) bond motifs is 1. The minimum atomic E-state index is 0.0944. The van der Waals surface area contributed by atoms with Crippen LogP contribution in [0.15, 0.2) is 18.2 Å². The molecule has 2 aliphatic rings. The summed E-state index contributed by atoms with van der Waals surface area (Å²) < 4.78 is 0. The number of carbonyl (C=O) groups excluding carboxylic acids is 1. The summed E-state index contributed by atoms with van der Waals surface area (Å²) in [6.45, 7) is 4.96. The Morgan fingerprint density at radius 3 is 2.64 bits per heavy atom. The molecule has 0 saturated carbocycles. The number of imidazole rings is 1. The van der Waals surface area contributed by atoms with Gasteiger partial charge in [-0.15, -0.1) is 0 Å². The van der Waals surface area contributed by atoms with Crippen LogP contribution >= 0.6 is 0 Å². The maximum atomic E-state index is 13.1. The van der Waals surface area contributed by atoms with Crippen LogP contribution in [0.2, 0.25) is 0 Å². The Bertz CT molecular complexity index is 727. The Balaban J connectivity index is 1.66. The van der Waals surface area contributed by atoms with Crippen molar-refractivity contribution in [2.24, 2.45) is 0 Å². The number of piperidine rings is 1. The van der Waals surface area contributed by atoms with E-state index in [2.05, 4.69) is 26.8 Å². The molecule has 22 heavy (non-hydrogen) atoms. The highest BCUT2D eigenvalue weighted by molar-refractivity contribution is 6.05. The van der Waals surface area contributed by atoms with E-state index < -0.39 is 0 Å². The first-order chi connectivity index (χ1) is 10.6. The van der Waals surface area contributed by atoms with Gasteiger partial charge in [0.05, 0.1) is 11.1 Å².